The maximum Gasteiger partial charge on any atom is 0.405 e. The fraction of sp³-hybridized carbons (Fsp3) is 0.417. The molecule has 1 aliphatic carbocycles. The van der Waals surface area contributed by atoms with Gasteiger partial charge in [-0.2, -0.15) is 18.2 Å². The summed E-state index contributed by atoms with van der Waals surface area (Å²) in [4.78, 5) is 17.6. The highest BCUT2D eigenvalue weighted by atomic mass is 32.1. The molecule has 4 aromatic rings. The molecule has 4 unspecified atom stereocenters. The first-order valence-electron chi connectivity index (χ1n) is 11.7. The summed E-state index contributed by atoms with van der Waals surface area (Å²) < 4.78 is 41.3. The molecule has 0 amide bonds. The number of aliphatic hydroxyl groups is 2. The summed E-state index contributed by atoms with van der Waals surface area (Å²) in [6.45, 7) is 0.389. The van der Waals surface area contributed by atoms with Crippen LogP contribution in [0.4, 0.5) is 24.9 Å². The average molecular weight is 534 g/mol. The summed E-state index contributed by atoms with van der Waals surface area (Å²) in [5.41, 5.74) is 1.74. The van der Waals surface area contributed by atoms with Gasteiger partial charge in [-0.05, 0) is 31.4 Å². The standard InChI is InChI=1S/C24H26F3N7O2S/c1-12-18(22-32-14-5-3-4-6-16(14)37-22)21(33-23(30-12)29-11-24(25,26)27)31-15-9-13(19(35)20(15)36)10-17-28-7-8-34(17)2/h3-8,13,15,19-20,35-36H,9-11H2,1-2H3,(H2,29,30,31,33). The molecule has 9 nitrogen and oxygen atoms in total. The van der Waals surface area contributed by atoms with Crippen molar-refractivity contribution in [3.63, 3.8) is 0 Å². The third-order valence-electron chi connectivity index (χ3n) is 6.53. The van der Waals surface area contributed by atoms with Crippen LogP contribution >= 0.6 is 11.3 Å². The number of nitrogens with one attached hydrogen (secondary N) is 2. The van der Waals surface area contributed by atoms with Crippen LogP contribution in [0.15, 0.2) is 36.7 Å². The third kappa shape index (κ3) is 5.38. The molecule has 5 rings (SSSR count). The third-order valence-corrected chi connectivity index (χ3v) is 7.59. The first-order valence-corrected chi connectivity index (χ1v) is 12.5. The number of rotatable bonds is 7. The molecule has 196 valence electrons. The van der Waals surface area contributed by atoms with Gasteiger partial charge in [0.1, 0.15) is 29.3 Å². The van der Waals surface area contributed by atoms with Gasteiger partial charge in [-0.1, -0.05) is 12.1 Å². The number of para-hydroxylation sites is 1. The second-order valence-corrected chi connectivity index (χ2v) is 10.2. The molecular weight excluding hydrogens is 507 g/mol. The number of hydrogen-bond donors (Lipinski definition) is 4. The van der Waals surface area contributed by atoms with Gasteiger partial charge in [0.25, 0.3) is 0 Å². The lowest BCUT2D eigenvalue weighted by molar-refractivity contribution is -0.115. The molecule has 0 radical (unpaired) electrons. The molecule has 3 heterocycles. The lowest BCUT2D eigenvalue weighted by atomic mass is 10.0. The number of nitrogens with zero attached hydrogens (tertiary/aromatic N) is 5. The summed E-state index contributed by atoms with van der Waals surface area (Å²) in [5.74, 6) is 0.554. The second kappa shape index (κ2) is 9.88. The van der Waals surface area contributed by atoms with Crippen molar-refractivity contribution in [2.45, 2.75) is 44.2 Å². The molecule has 0 aliphatic heterocycles. The van der Waals surface area contributed by atoms with Gasteiger partial charge in [0.05, 0.1) is 33.6 Å². The molecule has 0 bridgehead atoms. The van der Waals surface area contributed by atoms with E-state index in [0.29, 0.717) is 29.1 Å². The lowest BCUT2D eigenvalue weighted by Gasteiger charge is -2.21. The highest BCUT2D eigenvalue weighted by molar-refractivity contribution is 7.21. The maximum atomic E-state index is 12.8. The number of hydrogen-bond acceptors (Lipinski definition) is 9. The molecule has 3 aromatic heterocycles. The zero-order valence-corrected chi connectivity index (χ0v) is 20.9. The zero-order valence-electron chi connectivity index (χ0n) is 20.1. The fourth-order valence-corrected chi connectivity index (χ4v) is 5.71. The van der Waals surface area contributed by atoms with E-state index in [1.165, 1.54) is 11.3 Å². The molecular formula is C24H26F3N7O2S. The Bertz CT molecular complexity index is 1370. The quantitative estimate of drug-likeness (QED) is 0.285. The molecule has 0 saturated heterocycles. The zero-order chi connectivity index (χ0) is 26.3. The van der Waals surface area contributed by atoms with Crippen LogP contribution in [-0.2, 0) is 13.5 Å². The van der Waals surface area contributed by atoms with Crippen molar-refractivity contribution in [2.75, 3.05) is 17.2 Å². The summed E-state index contributed by atoms with van der Waals surface area (Å²) in [5, 5.41) is 27.6. The minimum atomic E-state index is -4.44. The highest BCUT2D eigenvalue weighted by Crippen LogP contribution is 2.38. The van der Waals surface area contributed by atoms with Gasteiger partial charge < -0.3 is 25.4 Å². The van der Waals surface area contributed by atoms with E-state index < -0.39 is 31.0 Å². The first-order chi connectivity index (χ1) is 17.6. The molecule has 1 saturated carbocycles. The van der Waals surface area contributed by atoms with Gasteiger partial charge in [0.15, 0.2) is 0 Å². The van der Waals surface area contributed by atoms with Crippen molar-refractivity contribution in [3.8, 4) is 10.6 Å². The number of imidazole rings is 1. The molecule has 1 aliphatic rings. The van der Waals surface area contributed by atoms with Crippen LogP contribution in [0.3, 0.4) is 0 Å². The van der Waals surface area contributed by atoms with E-state index in [0.717, 1.165) is 16.0 Å². The Morgan fingerprint density at radius 3 is 2.62 bits per heavy atom. The van der Waals surface area contributed by atoms with E-state index >= 15 is 0 Å². The predicted octanol–water partition coefficient (Wildman–Crippen LogP) is 3.53. The van der Waals surface area contributed by atoms with Gasteiger partial charge in [-0.3, -0.25) is 0 Å². The van der Waals surface area contributed by atoms with E-state index in [-0.39, 0.29) is 17.7 Å². The van der Waals surface area contributed by atoms with Crippen molar-refractivity contribution in [1.82, 2.24) is 24.5 Å². The van der Waals surface area contributed by atoms with Gasteiger partial charge in [-0.25, -0.2) is 15.0 Å². The van der Waals surface area contributed by atoms with Crippen molar-refractivity contribution in [1.29, 1.82) is 0 Å². The smallest absolute Gasteiger partial charge is 0.390 e. The Balaban J connectivity index is 1.48. The Morgan fingerprint density at radius 1 is 1.14 bits per heavy atom. The SMILES string of the molecule is Cc1nc(NCC(F)(F)F)nc(NC2CC(Cc3nccn3C)C(O)C2O)c1-c1nc2ccccc2s1. The average Bonchev–Trinajstić information content (AvgIpc) is 3.52. The van der Waals surface area contributed by atoms with Gasteiger partial charge in [0, 0.05) is 25.9 Å². The largest absolute Gasteiger partial charge is 0.405 e. The molecule has 4 atom stereocenters. The van der Waals surface area contributed by atoms with Crippen LogP contribution in [0, 0.1) is 12.8 Å². The van der Waals surface area contributed by atoms with E-state index in [1.54, 1.807) is 13.1 Å². The number of aryl methyl sites for hydroxylation is 2. The first kappa shape index (κ1) is 25.4. The number of thiazole rings is 1. The van der Waals surface area contributed by atoms with Crippen LogP contribution in [0.25, 0.3) is 20.8 Å². The molecule has 4 N–H and O–H groups in total. The second-order valence-electron chi connectivity index (χ2n) is 9.20. The minimum Gasteiger partial charge on any atom is -0.390 e. The Hall–Kier alpha value is -3.29. The van der Waals surface area contributed by atoms with Gasteiger partial charge in [0.2, 0.25) is 5.95 Å². The Morgan fingerprint density at radius 2 is 1.92 bits per heavy atom. The molecule has 13 heteroatoms. The topological polar surface area (TPSA) is 121 Å². The number of anilines is 2. The number of benzene rings is 1. The van der Waals surface area contributed by atoms with Crippen LogP contribution in [0.5, 0.6) is 0 Å². The van der Waals surface area contributed by atoms with Gasteiger partial charge in [-0.15, -0.1) is 11.3 Å². The number of halogens is 3. The van der Waals surface area contributed by atoms with Crippen LogP contribution < -0.4 is 10.6 Å². The maximum absolute atomic E-state index is 12.8. The van der Waals surface area contributed by atoms with E-state index in [4.69, 9.17) is 0 Å². The number of aliphatic hydroxyl groups excluding tert-OH is 2. The Labute approximate surface area is 214 Å². The van der Waals surface area contributed by atoms with Crippen molar-refractivity contribution < 1.29 is 23.4 Å². The number of alkyl halides is 3. The predicted molar refractivity (Wildman–Crippen MR) is 134 cm³/mol. The molecule has 37 heavy (non-hydrogen) atoms. The summed E-state index contributed by atoms with van der Waals surface area (Å²) in [6.07, 6.45) is -2.21. The summed E-state index contributed by atoms with van der Waals surface area (Å²) in [7, 11) is 1.86. The van der Waals surface area contributed by atoms with Gasteiger partial charge >= 0.3 is 6.18 Å². The summed E-state index contributed by atoms with van der Waals surface area (Å²) >= 11 is 1.41. The van der Waals surface area contributed by atoms with E-state index in [1.807, 2.05) is 42.1 Å². The summed E-state index contributed by atoms with van der Waals surface area (Å²) in [6, 6.07) is 6.97. The monoisotopic (exact) mass is 533 g/mol. The Kier molecular flexibility index (Phi) is 6.77. The fourth-order valence-electron chi connectivity index (χ4n) is 4.64. The number of fused-ring (bicyclic) bond motifs is 1. The van der Waals surface area contributed by atoms with Crippen molar-refractivity contribution in [3.05, 3.63) is 48.2 Å². The molecule has 1 fully saturated rings. The molecule has 0 spiro atoms. The minimum absolute atomic E-state index is 0.195. The van der Waals surface area contributed by atoms with Crippen LogP contribution in [-0.4, -0.2) is 65.7 Å². The number of aromatic nitrogens is 5. The van der Waals surface area contributed by atoms with Crippen LogP contribution in [0.2, 0.25) is 0 Å². The van der Waals surface area contributed by atoms with E-state index in [9.17, 15) is 23.4 Å². The van der Waals surface area contributed by atoms with E-state index in [2.05, 4.69) is 30.6 Å². The molecule has 1 aromatic carbocycles. The highest BCUT2D eigenvalue weighted by Gasteiger charge is 2.42. The van der Waals surface area contributed by atoms with Crippen molar-refractivity contribution in [2.24, 2.45) is 13.0 Å². The van der Waals surface area contributed by atoms with Crippen molar-refractivity contribution >= 4 is 33.3 Å². The van der Waals surface area contributed by atoms with Crippen LogP contribution in [0.1, 0.15) is 17.9 Å². The normalized spacial score (nSPS) is 22.0. The lowest BCUT2D eigenvalue weighted by Crippen LogP contribution is -2.35.